The number of carbonyl (C=O) groups excluding carboxylic acids is 2. The Bertz CT molecular complexity index is 980. The first-order valence-electron chi connectivity index (χ1n) is 10.4. The van der Waals surface area contributed by atoms with Gasteiger partial charge in [0.2, 0.25) is 0 Å². The maximum atomic E-state index is 12.9. The monoisotopic (exact) mass is 570 g/mol. The fourth-order valence-electron chi connectivity index (χ4n) is 3.36. The lowest BCUT2D eigenvalue weighted by atomic mass is 10.1. The van der Waals surface area contributed by atoms with E-state index in [9.17, 15) is 9.59 Å². The molecule has 0 aliphatic rings. The maximum Gasteiger partial charge on any atom is 0.272 e. The van der Waals surface area contributed by atoms with Crippen LogP contribution in [0.3, 0.4) is 0 Å². The van der Waals surface area contributed by atoms with E-state index in [1.807, 2.05) is 0 Å². The molecule has 2 amide bonds. The molecule has 198 valence electrons. The van der Waals surface area contributed by atoms with Gasteiger partial charge in [0.15, 0.2) is 22.3 Å². The van der Waals surface area contributed by atoms with Gasteiger partial charge in [0.05, 0.1) is 26.9 Å². The van der Waals surface area contributed by atoms with E-state index < -0.39 is 11.8 Å². The molecule has 0 bridgehead atoms. The minimum absolute atomic E-state index is 0. The van der Waals surface area contributed by atoms with Gasteiger partial charge in [-0.05, 0) is 27.7 Å². The molecule has 0 aliphatic carbocycles. The van der Waals surface area contributed by atoms with Gasteiger partial charge in [-0.2, -0.15) is 0 Å². The summed E-state index contributed by atoms with van der Waals surface area (Å²) >= 11 is 7.23. The van der Waals surface area contributed by atoms with Crippen LogP contribution in [0.15, 0.2) is 12.1 Å². The summed E-state index contributed by atoms with van der Waals surface area (Å²) in [5, 5.41) is 5.69. The second-order valence-electron chi connectivity index (χ2n) is 7.68. The van der Waals surface area contributed by atoms with Crippen molar-refractivity contribution in [2.24, 2.45) is 0 Å². The number of hydrogen-bond acceptors (Lipinski definition) is 8. The summed E-state index contributed by atoms with van der Waals surface area (Å²) in [6.07, 6.45) is 0. The number of rotatable bonds is 11. The minimum atomic E-state index is -0.491. The second kappa shape index (κ2) is 15.2. The zero-order chi connectivity index (χ0) is 24.7. The predicted octanol–water partition coefficient (Wildman–Crippen LogP) is 4.77. The van der Waals surface area contributed by atoms with Crippen LogP contribution in [0.2, 0.25) is 4.34 Å². The summed E-state index contributed by atoms with van der Waals surface area (Å²) in [5.41, 5.74) is 0.284. The maximum absolute atomic E-state index is 12.9. The van der Waals surface area contributed by atoms with Crippen molar-refractivity contribution in [1.29, 1.82) is 0 Å². The summed E-state index contributed by atoms with van der Waals surface area (Å²) in [6, 6.07) is 3.78. The number of hydrogen-bond donors (Lipinski definition) is 2. The molecule has 0 unspecified atom stereocenters. The molecule has 13 heteroatoms. The number of nitrogens with one attached hydrogen (secondary N) is 2. The third-order valence-corrected chi connectivity index (χ3v) is 6.12. The van der Waals surface area contributed by atoms with Crippen molar-refractivity contribution in [1.82, 2.24) is 15.2 Å². The molecule has 35 heavy (non-hydrogen) atoms. The van der Waals surface area contributed by atoms with Crippen LogP contribution in [0.5, 0.6) is 17.2 Å². The summed E-state index contributed by atoms with van der Waals surface area (Å²) in [6.45, 7) is 9.60. The molecular formula is C22H33Cl3N4O5S. The Kier molecular flexibility index (Phi) is 14.3. The Morgan fingerprint density at radius 3 is 2.03 bits per heavy atom. The standard InChI is InChI=1S/C22H31ClN4O5S.2ClH/c1-12(2)27(13(3)4)9-8-24-21(29)18-19(23)33-22(25-18)26-20(28)14-10-16(31-6)17(32-7)11-15(14)30-5;;/h10-13H,8-9H2,1-7H3,(H,24,29)(H,25,26,28);2*1H. The lowest BCUT2D eigenvalue weighted by molar-refractivity contribution is 0.0934. The number of methoxy groups -OCH3 is 3. The first-order chi connectivity index (χ1) is 15.6. The fraction of sp³-hybridized carbons (Fsp3) is 0.500. The summed E-state index contributed by atoms with van der Waals surface area (Å²) < 4.78 is 16.0. The average Bonchev–Trinajstić information content (AvgIpc) is 3.14. The van der Waals surface area contributed by atoms with E-state index in [0.29, 0.717) is 42.4 Å². The molecule has 0 radical (unpaired) electrons. The SMILES string of the molecule is COc1cc(OC)c(C(=O)Nc2nc(C(=O)NCCN(C(C)C)C(C)C)c(Cl)s2)cc1OC.Cl.Cl. The summed E-state index contributed by atoms with van der Waals surface area (Å²) in [5.74, 6) is 0.210. The lowest BCUT2D eigenvalue weighted by Crippen LogP contribution is -2.42. The van der Waals surface area contributed by atoms with Crippen molar-refractivity contribution in [3.8, 4) is 17.2 Å². The topological polar surface area (TPSA) is 102 Å². The van der Waals surface area contributed by atoms with Crippen molar-refractivity contribution in [3.05, 3.63) is 27.7 Å². The Hall–Kier alpha value is -1.98. The van der Waals surface area contributed by atoms with Crippen LogP contribution in [0.1, 0.15) is 48.5 Å². The van der Waals surface area contributed by atoms with Crippen molar-refractivity contribution >= 4 is 64.7 Å². The first-order valence-corrected chi connectivity index (χ1v) is 11.6. The highest BCUT2D eigenvalue weighted by molar-refractivity contribution is 7.20. The third-order valence-electron chi connectivity index (χ3n) is 4.95. The molecule has 0 atom stereocenters. The van der Waals surface area contributed by atoms with Crippen LogP contribution in [0, 0.1) is 0 Å². The van der Waals surface area contributed by atoms with Gasteiger partial charge in [-0.25, -0.2) is 4.98 Å². The highest BCUT2D eigenvalue weighted by Crippen LogP contribution is 2.35. The van der Waals surface area contributed by atoms with Crippen LogP contribution in [0.4, 0.5) is 5.13 Å². The van der Waals surface area contributed by atoms with Gasteiger partial charge in [-0.3, -0.25) is 19.8 Å². The number of halogens is 3. The largest absolute Gasteiger partial charge is 0.496 e. The van der Waals surface area contributed by atoms with Gasteiger partial charge in [0.25, 0.3) is 11.8 Å². The zero-order valence-electron chi connectivity index (χ0n) is 20.8. The highest BCUT2D eigenvalue weighted by atomic mass is 35.5. The number of anilines is 1. The minimum Gasteiger partial charge on any atom is -0.496 e. The molecule has 1 aromatic carbocycles. The van der Waals surface area contributed by atoms with Gasteiger partial charge in [-0.15, -0.1) is 24.8 Å². The Labute approximate surface area is 227 Å². The first kappa shape index (κ1) is 33.0. The van der Waals surface area contributed by atoms with Crippen LogP contribution in [0.25, 0.3) is 0 Å². The van der Waals surface area contributed by atoms with Gasteiger partial charge in [0.1, 0.15) is 10.1 Å². The van der Waals surface area contributed by atoms with Crippen molar-refractivity contribution in [3.63, 3.8) is 0 Å². The number of aromatic nitrogens is 1. The number of amides is 2. The molecule has 0 fully saturated rings. The Morgan fingerprint density at radius 1 is 0.971 bits per heavy atom. The molecule has 0 aliphatic heterocycles. The normalized spacial score (nSPS) is 10.5. The van der Waals surface area contributed by atoms with Crippen LogP contribution >= 0.6 is 47.8 Å². The molecule has 0 spiro atoms. The molecular weight excluding hydrogens is 539 g/mol. The number of carbonyl (C=O) groups is 2. The Morgan fingerprint density at radius 2 is 1.51 bits per heavy atom. The third kappa shape index (κ3) is 8.57. The van der Waals surface area contributed by atoms with E-state index in [0.717, 1.165) is 11.3 Å². The molecule has 2 rings (SSSR count). The Balaban J connectivity index is 0.00000578. The average molecular weight is 572 g/mol. The van der Waals surface area contributed by atoms with Crippen LogP contribution < -0.4 is 24.8 Å². The predicted molar refractivity (Wildman–Crippen MR) is 145 cm³/mol. The van der Waals surface area contributed by atoms with Crippen molar-refractivity contribution < 1.29 is 23.8 Å². The summed E-state index contributed by atoms with van der Waals surface area (Å²) in [7, 11) is 4.41. The van der Waals surface area contributed by atoms with E-state index in [1.54, 1.807) is 6.07 Å². The molecule has 0 saturated carbocycles. The molecule has 2 N–H and O–H groups in total. The summed E-state index contributed by atoms with van der Waals surface area (Å²) in [4.78, 5) is 31.9. The zero-order valence-corrected chi connectivity index (χ0v) is 24.0. The lowest BCUT2D eigenvalue weighted by Gasteiger charge is -2.30. The van der Waals surface area contributed by atoms with Gasteiger partial charge in [0, 0.05) is 37.3 Å². The van der Waals surface area contributed by atoms with Crippen molar-refractivity contribution in [2.45, 2.75) is 39.8 Å². The van der Waals surface area contributed by atoms with Crippen LogP contribution in [-0.2, 0) is 0 Å². The molecule has 1 heterocycles. The molecule has 2 aromatic rings. The van der Waals surface area contributed by atoms with E-state index >= 15 is 0 Å². The van der Waals surface area contributed by atoms with Gasteiger partial charge < -0.3 is 19.5 Å². The van der Waals surface area contributed by atoms with E-state index in [4.69, 9.17) is 25.8 Å². The van der Waals surface area contributed by atoms with Gasteiger partial charge in [-0.1, -0.05) is 22.9 Å². The van der Waals surface area contributed by atoms with E-state index in [-0.39, 0.29) is 45.5 Å². The van der Waals surface area contributed by atoms with E-state index in [1.165, 1.54) is 27.4 Å². The fourth-order valence-corrected chi connectivity index (χ4v) is 4.39. The number of benzene rings is 1. The highest BCUT2D eigenvalue weighted by Gasteiger charge is 2.22. The van der Waals surface area contributed by atoms with Crippen LogP contribution in [-0.4, -0.2) is 68.2 Å². The quantitative estimate of drug-likeness (QED) is 0.401. The molecule has 0 saturated heterocycles. The second-order valence-corrected chi connectivity index (χ2v) is 9.29. The molecule has 9 nitrogen and oxygen atoms in total. The van der Waals surface area contributed by atoms with Gasteiger partial charge >= 0.3 is 0 Å². The number of thiazole rings is 1. The smallest absolute Gasteiger partial charge is 0.272 e. The number of nitrogens with zero attached hydrogens (tertiary/aromatic N) is 2. The van der Waals surface area contributed by atoms with Crippen molar-refractivity contribution in [2.75, 3.05) is 39.7 Å². The molecule has 1 aromatic heterocycles. The van der Waals surface area contributed by atoms with E-state index in [2.05, 4.69) is 48.2 Å². The number of ether oxygens (including phenoxy) is 3.